The van der Waals surface area contributed by atoms with E-state index in [2.05, 4.69) is 4.74 Å². The molecule has 0 atom stereocenters. The maximum atomic E-state index is 11.1. The molecule has 0 N–H and O–H groups in total. The van der Waals surface area contributed by atoms with Gasteiger partial charge in [-0.3, -0.25) is 10.1 Å². The minimum atomic E-state index is -0.596. The second kappa shape index (κ2) is 6.16. The Bertz CT molecular complexity index is 222. The first kappa shape index (κ1) is 11.6. The number of ether oxygens (including phenoxy) is 1. The van der Waals surface area contributed by atoms with Gasteiger partial charge in [-0.2, -0.15) is 0 Å². The smallest absolute Gasteiger partial charge is 0.340 e. The molecule has 0 aliphatic heterocycles. The number of nitro groups is 1. The van der Waals surface area contributed by atoms with E-state index in [0.29, 0.717) is 6.42 Å². The Kier molecular flexibility index (Phi) is 5.50. The Hall–Kier alpha value is -1.39. The number of carbonyl (C=O) groups is 1. The lowest BCUT2D eigenvalue weighted by molar-refractivity contribution is -0.470. The molecule has 0 aromatic carbocycles. The molecular weight excluding hydrogens is 174 g/mol. The molecule has 0 amide bonds. The Morgan fingerprint density at radius 3 is 2.54 bits per heavy atom. The van der Waals surface area contributed by atoms with Gasteiger partial charge in [-0.05, 0) is 13.3 Å². The van der Waals surface area contributed by atoms with Gasteiger partial charge in [-0.1, -0.05) is 13.0 Å². The van der Waals surface area contributed by atoms with Gasteiger partial charge in [0.2, 0.25) is 6.54 Å². The number of carbonyl (C=O) groups excluding carboxylic acids is 1. The summed E-state index contributed by atoms with van der Waals surface area (Å²) in [5.41, 5.74) is 0.120. The van der Waals surface area contributed by atoms with Crippen molar-refractivity contribution in [3.8, 4) is 0 Å². The standard InChI is InChI=1S/C8H13NO4/c1-3-5-7(6-9(11)12)8(10)13-4-2/h5H,3-4,6H2,1-2H3/b7-5-. The van der Waals surface area contributed by atoms with E-state index in [0.717, 1.165) is 0 Å². The number of esters is 1. The highest BCUT2D eigenvalue weighted by atomic mass is 16.6. The first-order valence-corrected chi connectivity index (χ1v) is 4.09. The molecular formula is C8H13NO4. The molecule has 0 unspecified atom stereocenters. The first-order chi connectivity index (χ1) is 6.11. The Labute approximate surface area is 76.5 Å². The van der Waals surface area contributed by atoms with Crippen LogP contribution in [0.5, 0.6) is 0 Å². The molecule has 0 saturated heterocycles. The molecule has 0 aliphatic rings. The summed E-state index contributed by atoms with van der Waals surface area (Å²) in [6, 6.07) is 0. The zero-order valence-corrected chi connectivity index (χ0v) is 7.78. The van der Waals surface area contributed by atoms with Crippen molar-refractivity contribution in [2.45, 2.75) is 20.3 Å². The third-order valence-corrected chi connectivity index (χ3v) is 1.29. The average Bonchev–Trinajstić information content (AvgIpc) is 2.03. The second-order valence-corrected chi connectivity index (χ2v) is 2.35. The van der Waals surface area contributed by atoms with Gasteiger partial charge in [0, 0.05) is 4.92 Å². The van der Waals surface area contributed by atoms with Gasteiger partial charge < -0.3 is 4.74 Å². The van der Waals surface area contributed by atoms with Crippen LogP contribution in [-0.2, 0) is 9.53 Å². The summed E-state index contributed by atoms with van der Waals surface area (Å²) in [4.78, 5) is 20.7. The predicted octanol–water partition coefficient (Wildman–Crippen LogP) is 1.16. The molecule has 0 heterocycles. The van der Waals surface area contributed by atoms with Gasteiger partial charge in [0.05, 0.1) is 6.61 Å². The molecule has 0 rings (SSSR count). The van der Waals surface area contributed by atoms with Gasteiger partial charge in [0.25, 0.3) is 0 Å². The summed E-state index contributed by atoms with van der Waals surface area (Å²) in [5.74, 6) is -0.596. The van der Waals surface area contributed by atoms with E-state index in [-0.39, 0.29) is 12.2 Å². The molecule has 5 heteroatoms. The van der Waals surface area contributed by atoms with Crippen molar-refractivity contribution >= 4 is 5.97 Å². The van der Waals surface area contributed by atoms with Gasteiger partial charge in [-0.15, -0.1) is 0 Å². The number of rotatable bonds is 5. The van der Waals surface area contributed by atoms with Crippen molar-refractivity contribution in [3.63, 3.8) is 0 Å². The van der Waals surface area contributed by atoms with Crippen LogP contribution in [0.25, 0.3) is 0 Å². The summed E-state index contributed by atoms with van der Waals surface area (Å²) in [6.45, 7) is 3.23. The minimum absolute atomic E-state index is 0.120. The topological polar surface area (TPSA) is 69.4 Å². The lowest BCUT2D eigenvalue weighted by Crippen LogP contribution is -2.15. The molecule has 0 radical (unpaired) electrons. The van der Waals surface area contributed by atoms with Crippen molar-refractivity contribution in [1.29, 1.82) is 0 Å². The van der Waals surface area contributed by atoms with E-state index in [1.807, 2.05) is 0 Å². The quantitative estimate of drug-likeness (QED) is 0.280. The van der Waals surface area contributed by atoms with Crippen molar-refractivity contribution in [1.82, 2.24) is 0 Å². The molecule has 5 nitrogen and oxygen atoms in total. The average molecular weight is 187 g/mol. The monoisotopic (exact) mass is 187 g/mol. The van der Waals surface area contributed by atoms with Crippen molar-refractivity contribution < 1.29 is 14.5 Å². The van der Waals surface area contributed by atoms with Crippen LogP contribution in [0.4, 0.5) is 0 Å². The fourth-order valence-electron chi connectivity index (χ4n) is 0.822. The molecule has 0 aromatic rings. The van der Waals surface area contributed by atoms with Crippen LogP contribution in [0.1, 0.15) is 20.3 Å². The van der Waals surface area contributed by atoms with E-state index in [1.54, 1.807) is 13.8 Å². The highest BCUT2D eigenvalue weighted by Gasteiger charge is 2.15. The molecule has 0 aliphatic carbocycles. The Balaban J connectivity index is 4.33. The molecule has 0 aromatic heterocycles. The number of allylic oxidation sites excluding steroid dienone is 1. The normalized spacial score (nSPS) is 11.1. The number of hydrogen-bond donors (Lipinski definition) is 0. The van der Waals surface area contributed by atoms with Crippen LogP contribution in [0.15, 0.2) is 11.6 Å². The van der Waals surface area contributed by atoms with Crippen LogP contribution in [0.2, 0.25) is 0 Å². The predicted molar refractivity (Wildman–Crippen MR) is 46.9 cm³/mol. The maximum Gasteiger partial charge on any atom is 0.340 e. The van der Waals surface area contributed by atoms with Crippen LogP contribution in [0, 0.1) is 10.1 Å². The number of hydrogen-bond acceptors (Lipinski definition) is 4. The summed E-state index contributed by atoms with van der Waals surface area (Å²) in [5, 5.41) is 10.2. The van der Waals surface area contributed by atoms with Gasteiger partial charge in [0.1, 0.15) is 5.57 Å². The van der Waals surface area contributed by atoms with Crippen molar-refractivity contribution in [3.05, 3.63) is 21.8 Å². The van der Waals surface area contributed by atoms with E-state index in [9.17, 15) is 14.9 Å². The van der Waals surface area contributed by atoms with E-state index < -0.39 is 17.4 Å². The molecule has 0 bridgehead atoms. The maximum absolute atomic E-state index is 11.1. The van der Waals surface area contributed by atoms with Crippen LogP contribution < -0.4 is 0 Å². The molecule has 74 valence electrons. The largest absolute Gasteiger partial charge is 0.462 e. The summed E-state index contributed by atoms with van der Waals surface area (Å²) >= 11 is 0. The van der Waals surface area contributed by atoms with E-state index >= 15 is 0 Å². The van der Waals surface area contributed by atoms with E-state index in [4.69, 9.17) is 0 Å². The molecule has 0 fully saturated rings. The van der Waals surface area contributed by atoms with Gasteiger partial charge >= 0.3 is 5.97 Å². The van der Waals surface area contributed by atoms with Gasteiger partial charge in [0.15, 0.2) is 0 Å². The van der Waals surface area contributed by atoms with Crippen LogP contribution in [0.3, 0.4) is 0 Å². The lowest BCUT2D eigenvalue weighted by Gasteiger charge is -2.01. The van der Waals surface area contributed by atoms with E-state index in [1.165, 1.54) is 6.08 Å². The summed E-state index contributed by atoms with van der Waals surface area (Å²) in [6.07, 6.45) is 2.10. The van der Waals surface area contributed by atoms with Crippen LogP contribution >= 0.6 is 0 Å². The lowest BCUT2D eigenvalue weighted by atomic mass is 10.2. The fraction of sp³-hybridized carbons (Fsp3) is 0.625. The number of nitrogens with zero attached hydrogens (tertiary/aromatic N) is 1. The second-order valence-electron chi connectivity index (χ2n) is 2.35. The van der Waals surface area contributed by atoms with Crippen molar-refractivity contribution in [2.24, 2.45) is 0 Å². The SMILES string of the molecule is CC/C=C(/C[N+](=O)[O-])C(=O)OCC. The third kappa shape index (κ3) is 4.95. The Morgan fingerprint density at radius 2 is 2.15 bits per heavy atom. The first-order valence-electron chi connectivity index (χ1n) is 4.09. The summed E-state index contributed by atoms with van der Waals surface area (Å²) in [7, 11) is 0. The van der Waals surface area contributed by atoms with Crippen molar-refractivity contribution in [2.75, 3.05) is 13.2 Å². The summed E-state index contributed by atoms with van der Waals surface area (Å²) < 4.78 is 4.65. The molecule has 0 spiro atoms. The zero-order chi connectivity index (χ0) is 10.3. The van der Waals surface area contributed by atoms with Crippen LogP contribution in [-0.4, -0.2) is 24.0 Å². The molecule has 13 heavy (non-hydrogen) atoms. The van der Waals surface area contributed by atoms with Gasteiger partial charge in [-0.25, -0.2) is 4.79 Å². The third-order valence-electron chi connectivity index (χ3n) is 1.29. The Morgan fingerprint density at radius 1 is 1.54 bits per heavy atom. The fourth-order valence-corrected chi connectivity index (χ4v) is 0.822. The minimum Gasteiger partial charge on any atom is -0.462 e. The highest BCUT2D eigenvalue weighted by Crippen LogP contribution is 2.00. The highest BCUT2D eigenvalue weighted by molar-refractivity contribution is 5.88. The zero-order valence-electron chi connectivity index (χ0n) is 7.78. The molecule has 0 saturated carbocycles.